The van der Waals surface area contributed by atoms with E-state index >= 15 is 0 Å². The average molecular weight is 472 g/mol. The highest BCUT2D eigenvalue weighted by atomic mass is 32.2. The first-order valence-corrected chi connectivity index (χ1v) is 11.3. The van der Waals surface area contributed by atoms with Crippen molar-refractivity contribution in [1.82, 2.24) is 29.0 Å². The fourth-order valence-corrected chi connectivity index (χ4v) is 4.70. The van der Waals surface area contributed by atoms with E-state index in [-0.39, 0.29) is 34.8 Å². The van der Waals surface area contributed by atoms with Crippen molar-refractivity contribution >= 4 is 40.4 Å². The Labute approximate surface area is 193 Å². The molecule has 0 aliphatic carbocycles. The summed E-state index contributed by atoms with van der Waals surface area (Å²) >= 11 is 1.13. The summed E-state index contributed by atoms with van der Waals surface area (Å²) in [7, 11) is 6.42. The molecule has 11 nitrogen and oxygen atoms in total. The maximum atomic E-state index is 13.0. The molecule has 0 saturated carbocycles. The van der Waals surface area contributed by atoms with Crippen molar-refractivity contribution in [2.75, 3.05) is 17.8 Å². The number of aryl methyl sites for hydroxylation is 2. The third-order valence-corrected chi connectivity index (χ3v) is 6.98. The topological polar surface area (TPSA) is 114 Å². The average Bonchev–Trinajstić information content (AvgIpc) is 3.24. The van der Waals surface area contributed by atoms with E-state index < -0.39 is 17.3 Å². The van der Waals surface area contributed by atoms with Gasteiger partial charge in [-0.1, -0.05) is 30.0 Å². The molecule has 1 aliphatic heterocycles. The number of carbonyl (C=O) groups is 2. The summed E-state index contributed by atoms with van der Waals surface area (Å²) in [6.45, 7) is 1.88. The van der Waals surface area contributed by atoms with E-state index in [1.54, 1.807) is 35.7 Å². The van der Waals surface area contributed by atoms with Crippen LogP contribution in [0.25, 0.3) is 11.2 Å². The quantitative estimate of drug-likeness (QED) is 0.514. The molecule has 0 spiro atoms. The van der Waals surface area contributed by atoms with Gasteiger partial charge in [-0.25, -0.2) is 19.8 Å². The lowest BCUT2D eigenvalue weighted by atomic mass is 10.1. The minimum Gasteiger partial charge on any atom is -0.342 e. The van der Waals surface area contributed by atoms with Crippen molar-refractivity contribution < 1.29 is 9.59 Å². The van der Waals surface area contributed by atoms with Crippen LogP contribution in [0.5, 0.6) is 0 Å². The van der Waals surface area contributed by atoms with Gasteiger partial charge in [0, 0.05) is 28.2 Å². The molecule has 2 aromatic heterocycles. The molecule has 1 fully saturated rings. The first kappa shape index (κ1) is 22.8. The summed E-state index contributed by atoms with van der Waals surface area (Å²) < 4.78 is 3.89. The summed E-state index contributed by atoms with van der Waals surface area (Å²) in [6, 6.07) is 8.32. The standard InChI is InChI=1S/C21H25N7O4S/c1-12-15(18(30)28(27(12)5)13-9-7-6-8-10-13)22-14(29)11-33-20-23-17-16(24(20)2)19(31)26(4)21(32)25(17)3/h6-10,12,15H,11H2,1-5H3,(H,22,29)/t12-,15-/m1/s1. The Hall–Kier alpha value is -3.38. The second kappa shape index (κ2) is 8.52. The van der Waals surface area contributed by atoms with Gasteiger partial charge in [0.1, 0.15) is 6.04 Å². The normalized spacial score (nSPS) is 18.9. The summed E-state index contributed by atoms with van der Waals surface area (Å²) in [5.74, 6) is -0.546. The van der Waals surface area contributed by atoms with Gasteiger partial charge in [-0.05, 0) is 19.1 Å². The largest absolute Gasteiger partial charge is 0.342 e. The van der Waals surface area contributed by atoms with Gasteiger partial charge < -0.3 is 9.88 Å². The zero-order valence-electron chi connectivity index (χ0n) is 19.0. The zero-order chi connectivity index (χ0) is 24.0. The van der Waals surface area contributed by atoms with Crippen LogP contribution in [-0.2, 0) is 30.7 Å². The van der Waals surface area contributed by atoms with E-state index in [1.165, 1.54) is 11.6 Å². The van der Waals surface area contributed by atoms with Crippen molar-refractivity contribution in [2.45, 2.75) is 24.2 Å². The Bertz CT molecular complexity index is 1360. The van der Waals surface area contributed by atoms with Gasteiger partial charge in [-0.15, -0.1) is 0 Å². The molecular weight excluding hydrogens is 446 g/mol. The number of nitrogens with zero attached hydrogens (tertiary/aromatic N) is 6. The van der Waals surface area contributed by atoms with E-state index in [4.69, 9.17) is 0 Å². The number of fused-ring (bicyclic) bond motifs is 1. The van der Waals surface area contributed by atoms with Gasteiger partial charge in [0.05, 0.1) is 17.5 Å². The van der Waals surface area contributed by atoms with Gasteiger partial charge in [-0.2, -0.15) is 0 Å². The number of para-hydroxylation sites is 1. The van der Waals surface area contributed by atoms with Gasteiger partial charge in [0.2, 0.25) is 5.91 Å². The third kappa shape index (κ3) is 3.74. The first-order chi connectivity index (χ1) is 15.6. The van der Waals surface area contributed by atoms with Crippen LogP contribution >= 0.6 is 11.8 Å². The van der Waals surface area contributed by atoms with E-state index in [9.17, 15) is 19.2 Å². The number of thioether (sulfide) groups is 1. The van der Waals surface area contributed by atoms with Crippen LogP contribution in [0, 0.1) is 0 Å². The van der Waals surface area contributed by atoms with Gasteiger partial charge in [-0.3, -0.25) is 23.5 Å². The van der Waals surface area contributed by atoms with E-state index in [0.717, 1.165) is 22.0 Å². The van der Waals surface area contributed by atoms with Gasteiger partial charge in [0.25, 0.3) is 11.5 Å². The number of amides is 2. The number of nitrogens with one attached hydrogen (secondary N) is 1. The summed E-state index contributed by atoms with van der Waals surface area (Å²) in [5, 5.41) is 6.61. The molecule has 3 aromatic rings. The molecule has 1 saturated heterocycles. The molecule has 12 heteroatoms. The molecule has 2 atom stereocenters. The Morgan fingerprint density at radius 2 is 1.70 bits per heavy atom. The second-order valence-electron chi connectivity index (χ2n) is 7.97. The van der Waals surface area contributed by atoms with Crippen molar-refractivity contribution in [3.8, 4) is 0 Å². The molecule has 174 valence electrons. The fourth-order valence-electron chi connectivity index (χ4n) is 3.93. The lowest BCUT2D eigenvalue weighted by Crippen LogP contribution is -2.46. The molecule has 1 aliphatic rings. The van der Waals surface area contributed by atoms with Crippen LogP contribution in [0.1, 0.15) is 6.92 Å². The number of carbonyl (C=O) groups excluding carboxylic acids is 2. The van der Waals surface area contributed by atoms with Crippen molar-refractivity contribution in [3.63, 3.8) is 0 Å². The minimum absolute atomic E-state index is 0.00300. The highest BCUT2D eigenvalue weighted by molar-refractivity contribution is 7.99. The third-order valence-electron chi connectivity index (χ3n) is 5.95. The number of anilines is 1. The lowest BCUT2D eigenvalue weighted by Gasteiger charge is -2.26. The number of rotatable bonds is 5. The van der Waals surface area contributed by atoms with Crippen LogP contribution in [0.2, 0.25) is 0 Å². The smallest absolute Gasteiger partial charge is 0.332 e. The fraction of sp³-hybridized carbons (Fsp3) is 0.381. The predicted molar refractivity (Wildman–Crippen MR) is 125 cm³/mol. The Balaban J connectivity index is 1.50. The second-order valence-corrected chi connectivity index (χ2v) is 8.91. The zero-order valence-corrected chi connectivity index (χ0v) is 19.8. The number of hydrazine groups is 1. The Kier molecular flexibility index (Phi) is 5.89. The molecule has 3 heterocycles. The molecule has 2 amide bonds. The number of likely N-dealkylation sites (N-methyl/N-ethyl adjacent to an activating group) is 1. The molecule has 4 rings (SSSR count). The van der Waals surface area contributed by atoms with Gasteiger partial charge in [0.15, 0.2) is 16.3 Å². The maximum Gasteiger partial charge on any atom is 0.332 e. The maximum absolute atomic E-state index is 13.0. The van der Waals surface area contributed by atoms with Crippen LogP contribution in [0.15, 0.2) is 45.1 Å². The predicted octanol–water partition coefficient (Wildman–Crippen LogP) is -0.170. The number of imidazole rings is 1. The van der Waals surface area contributed by atoms with Crippen molar-refractivity contribution in [3.05, 3.63) is 51.2 Å². The summed E-state index contributed by atoms with van der Waals surface area (Å²) in [4.78, 5) is 54.8. The highest BCUT2D eigenvalue weighted by Gasteiger charge is 2.43. The van der Waals surface area contributed by atoms with Crippen molar-refractivity contribution in [1.29, 1.82) is 0 Å². The number of hydrogen-bond acceptors (Lipinski definition) is 7. The number of aromatic nitrogens is 4. The molecule has 0 radical (unpaired) electrons. The molecule has 0 unspecified atom stereocenters. The summed E-state index contributed by atoms with van der Waals surface area (Å²) in [5.41, 5.74) is 0.347. The van der Waals surface area contributed by atoms with E-state index in [1.807, 2.05) is 37.3 Å². The molecule has 0 bridgehead atoms. The summed E-state index contributed by atoms with van der Waals surface area (Å²) in [6.07, 6.45) is 0. The first-order valence-electron chi connectivity index (χ1n) is 10.3. The van der Waals surface area contributed by atoms with Crippen LogP contribution < -0.4 is 21.6 Å². The van der Waals surface area contributed by atoms with Crippen LogP contribution in [0.4, 0.5) is 5.69 Å². The molecule has 33 heavy (non-hydrogen) atoms. The van der Waals surface area contributed by atoms with E-state index in [2.05, 4.69) is 10.3 Å². The van der Waals surface area contributed by atoms with Crippen molar-refractivity contribution in [2.24, 2.45) is 21.1 Å². The number of hydrogen-bond donors (Lipinski definition) is 1. The SMILES string of the molecule is C[C@@H]1[C@@H](NC(=O)CSc2nc3c(c(=O)n(C)c(=O)n3C)n2C)C(=O)N(c2ccccc2)N1C. The molecule has 1 aromatic carbocycles. The lowest BCUT2D eigenvalue weighted by molar-refractivity contribution is -0.125. The highest BCUT2D eigenvalue weighted by Crippen LogP contribution is 2.26. The number of benzene rings is 1. The Morgan fingerprint density at radius 1 is 1.03 bits per heavy atom. The molecule has 1 N–H and O–H groups in total. The molecular formula is C21H25N7O4S. The van der Waals surface area contributed by atoms with Crippen LogP contribution in [-0.4, -0.2) is 60.4 Å². The van der Waals surface area contributed by atoms with Gasteiger partial charge >= 0.3 is 5.69 Å². The van der Waals surface area contributed by atoms with Crippen LogP contribution in [0.3, 0.4) is 0 Å². The van der Waals surface area contributed by atoms with E-state index in [0.29, 0.717) is 5.16 Å². The monoisotopic (exact) mass is 471 g/mol. The Morgan fingerprint density at radius 3 is 2.36 bits per heavy atom. The minimum atomic E-state index is -0.697.